The van der Waals surface area contributed by atoms with Crippen molar-refractivity contribution in [2.24, 2.45) is 0 Å². The predicted molar refractivity (Wildman–Crippen MR) is 66.1 cm³/mol. The molecule has 1 aromatic carbocycles. The number of carboxylic acids is 1. The van der Waals surface area contributed by atoms with Crippen LogP contribution < -0.4 is 0 Å². The van der Waals surface area contributed by atoms with Gasteiger partial charge in [0.2, 0.25) is 0 Å². The lowest BCUT2D eigenvalue weighted by atomic mass is 9.79. The van der Waals surface area contributed by atoms with E-state index in [2.05, 4.69) is 15.9 Å². The number of alkyl halides is 3. The zero-order valence-electron chi connectivity index (χ0n) is 10.2. The number of carbonyl (C=O) groups is 1. The second-order valence-electron chi connectivity index (χ2n) is 4.80. The molecular weight excluding hydrogens is 329 g/mol. The highest BCUT2D eigenvalue weighted by atomic mass is 79.9. The molecule has 0 aliphatic heterocycles. The molecule has 0 heterocycles. The SMILES string of the molecule is CC(C)(CC(=O)O)c1cc(Br)c(O)cc1C(F)(F)F. The molecule has 0 aromatic heterocycles. The summed E-state index contributed by atoms with van der Waals surface area (Å²) in [6.07, 6.45) is -5.11. The Kier molecular flexibility index (Phi) is 4.19. The van der Waals surface area contributed by atoms with E-state index in [0.29, 0.717) is 6.07 Å². The maximum absolute atomic E-state index is 13.0. The molecule has 1 aromatic rings. The monoisotopic (exact) mass is 340 g/mol. The van der Waals surface area contributed by atoms with E-state index in [9.17, 15) is 23.1 Å². The van der Waals surface area contributed by atoms with Crippen molar-refractivity contribution in [1.82, 2.24) is 0 Å². The molecule has 3 nitrogen and oxygen atoms in total. The smallest absolute Gasteiger partial charge is 0.416 e. The molecule has 106 valence electrons. The van der Waals surface area contributed by atoms with E-state index in [1.807, 2.05) is 0 Å². The summed E-state index contributed by atoms with van der Waals surface area (Å²) in [7, 11) is 0. The van der Waals surface area contributed by atoms with Crippen LogP contribution in [-0.2, 0) is 16.4 Å². The third-order valence-corrected chi connectivity index (χ3v) is 3.35. The maximum atomic E-state index is 13.0. The summed E-state index contributed by atoms with van der Waals surface area (Å²) in [6, 6.07) is 1.71. The second-order valence-corrected chi connectivity index (χ2v) is 5.66. The van der Waals surface area contributed by atoms with Gasteiger partial charge >= 0.3 is 12.1 Å². The molecule has 0 fully saturated rings. The fourth-order valence-electron chi connectivity index (χ4n) is 1.83. The number of phenols is 1. The highest BCUT2D eigenvalue weighted by Crippen LogP contribution is 2.43. The highest BCUT2D eigenvalue weighted by molar-refractivity contribution is 9.10. The minimum Gasteiger partial charge on any atom is -0.507 e. The molecule has 0 spiro atoms. The van der Waals surface area contributed by atoms with Gasteiger partial charge in [0.05, 0.1) is 16.5 Å². The Balaban J connectivity index is 3.49. The van der Waals surface area contributed by atoms with Gasteiger partial charge in [-0.25, -0.2) is 0 Å². The van der Waals surface area contributed by atoms with Crippen LogP contribution in [0.3, 0.4) is 0 Å². The molecule has 0 aliphatic carbocycles. The minimum absolute atomic E-state index is 0.0916. The summed E-state index contributed by atoms with van der Waals surface area (Å²) >= 11 is 2.94. The van der Waals surface area contributed by atoms with Gasteiger partial charge in [0, 0.05) is 5.41 Å². The maximum Gasteiger partial charge on any atom is 0.416 e. The van der Waals surface area contributed by atoms with E-state index in [1.165, 1.54) is 13.8 Å². The van der Waals surface area contributed by atoms with Gasteiger partial charge in [-0.1, -0.05) is 13.8 Å². The molecule has 1 rings (SSSR count). The molecular formula is C12H12BrF3O3. The van der Waals surface area contributed by atoms with Crippen LogP contribution in [0.2, 0.25) is 0 Å². The standard InChI is InChI=1S/C12H12BrF3O3/c1-11(2,5-10(18)19)6-3-8(13)9(17)4-7(6)12(14,15)16/h3-4,17H,5H2,1-2H3,(H,18,19). The van der Waals surface area contributed by atoms with Gasteiger partial charge in [-0.15, -0.1) is 0 Å². The average Bonchev–Trinajstić information content (AvgIpc) is 2.17. The molecule has 0 aliphatic rings. The number of phenolic OH excluding ortho intramolecular Hbond substituents is 1. The number of hydrogen-bond acceptors (Lipinski definition) is 2. The summed E-state index contributed by atoms with van der Waals surface area (Å²) in [5.74, 6) is -1.73. The van der Waals surface area contributed by atoms with Gasteiger partial charge in [-0.2, -0.15) is 13.2 Å². The van der Waals surface area contributed by atoms with Crippen molar-refractivity contribution < 1.29 is 28.2 Å². The zero-order valence-corrected chi connectivity index (χ0v) is 11.8. The third-order valence-electron chi connectivity index (χ3n) is 2.71. The number of benzene rings is 1. The molecule has 0 saturated heterocycles. The van der Waals surface area contributed by atoms with Crippen molar-refractivity contribution in [3.8, 4) is 5.75 Å². The van der Waals surface area contributed by atoms with E-state index in [-0.39, 0.29) is 10.0 Å². The van der Waals surface area contributed by atoms with Crippen LogP contribution in [0.1, 0.15) is 31.4 Å². The molecule has 19 heavy (non-hydrogen) atoms. The number of aliphatic carboxylic acids is 1. The first-order chi connectivity index (χ1) is 8.45. The van der Waals surface area contributed by atoms with E-state index in [1.54, 1.807) is 0 Å². The fourth-order valence-corrected chi connectivity index (χ4v) is 2.17. The van der Waals surface area contributed by atoms with Crippen LogP contribution in [0.25, 0.3) is 0 Å². The van der Waals surface area contributed by atoms with Crippen LogP contribution in [-0.4, -0.2) is 16.2 Å². The van der Waals surface area contributed by atoms with Gasteiger partial charge < -0.3 is 10.2 Å². The van der Waals surface area contributed by atoms with Crippen molar-refractivity contribution in [1.29, 1.82) is 0 Å². The predicted octanol–water partition coefficient (Wildman–Crippen LogP) is 3.93. The number of halogens is 4. The number of hydrogen-bond donors (Lipinski definition) is 2. The summed E-state index contributed by atoms with van der Waals surface area (Å²) in [6.45, 7) is 2.82. The van der Waals surface area contributed by atoms with Crippen LogP contribution >= 0.6 is 15.9 Å². The average molecular weight is 341 g/mol. The first kappa shape index (κ1) is 15.8. The molecule has 2 N–H and O–H groups in total. The van der Waals surface area contributed by atoms with E-state index in [4.69, 9.17) is 5.11 Å². The summed E-state index contributed by atoms with van der Waals surface area (Å²) in [5.41, 5.74) is -2.42. The van der Waals surface area contributed by atoms with E-state index < -0.39 is 35.3 Å². The topological polar surface area (TPSA) is 57.5 Å². The largest absolute Gasteiger partial charge is 0.507 e. The third kappa shape index (κ3) is 3.62. The molecule has 7 heteroatoms. The lowest BCUT2D eigenvalue weighted by molar-refractivity contribution is -0.141. The number of aromatic hydroxyl groups is 1. The Morgan fingerprint density at radius 1 is 1.26 bits per heavy atom. The van der Waals surface area contributed by atoms with Crippen LogP contribution in [0.15, 0.2) is 16.6 Å². The Bertz CT molecular complexity index is 510. The van der Waals surface area contributed by atoms with Crippen molar-refractivity contribution in [2.45, 2.75) is 31.9 Å². The number of rotatable bonds is 3. The second kappa shape index (κ2) is 5.03. The van der Waals surface area contributed by atoms with Gasteiger partial charge in [0.1, 0.15) is 5.75 Å². The summed E-state index contributed by atoms with van der Waals surface area (Å²) in [4.78, 5) is 10.8. The van der Waals surface area contributed by atoms with E-state index in [0.717, 1.165) is 6.07 Å². The Labute approximate surface area is 116 Å². The fraction of sp³-hybridized carbons (Fsp3) is 0.417. The Morgan fingerprint density at radius 3 is 2.21 bits per heavy atom. The normalized spacial score (nSPS) is 12.5. The van der Waals surface area contributed by atoms with E-state index >= 15 is 0 Å². The minimum atomic E-state index is -4.66. The summed E-state index contributed by atoms with van der Waals surface area (Å²) in [5, 5.41) is 18.2. The molecule has 0 radical (unpaired) electrons. The van der Waals surface area contributed by atoms with Crippen molar-refractivity contribution in [3.63, 3.8) is 0 Å². The zero-order chi connectivity index (χ0) is 15.0. The molecule has 0 atom stereocenters. The van der Waals surface area contributed by atoms with Gasteiger partial charge in [0.25, 0.3) is 0 Å². The quantitative estimate of drug-likeness (QED) is 0.876. The first-order valence-electron chi connectivity index (χ1n) is 5.27. The Morgan fingerprint density at radius 2 is 1.79 bits per heavy atom. The molecule has 0 unspecified atom stereocenters. The molecule has 0 amide bonds. The molecule has 0 saturated carbocycles. The van der Waals surface area contributed by atoms with Crippen molar-refractivity contribution >= 4 is 21.9 Å². The first-order valence-corrected chi connectivity index (χ1v) is 6.06. The van der Waals surface area contributed by atoms with Gasteiger partial charge in [-0.05, 0) is 33.6 Å². The van der Waals surface area contributed by atoms with Gasteiger partial charge in [-0.3, -0.25) is 4.79 Å². The van der Waals surface area contributed by atoms with Crippen LogP contribution in [0.5, 0.6) is 5.75 Å². The lowest BCUT2D eigenvalue weighted by Gasteiger charge is -2.27. The van der Waals surface area contributed by atoms with Gasteiger partial charge in [0.15, 0.2) is 0 Å². The molecule has 0 bridgehead atoms. The highest BCUT2D eigenvalue weighted by Gasteiger charge is 2.39. The van der Waals surface area contributed by atoms with Crippen molar-refractivity contribution in [3.05, 3.63) is 27.7 Å². The van der Waals surface area contributed by atoms with Crippen LogP contribution in [0.4, 0.5) is 13.2 Å². The van der Waals surface area contributed by atoms with Crippen LogP contribution in [0, 0.1) is 0 Å². The number of carboxylic acid groups (broad SMARTS) is 1. The lowest BCUT2D eigenvalue weighted by Crippen LogP contribution is -2.25. The Hall–Kier alpha value is -1.24. The van der Waals surface area contributed by atoms with Crippen molar-refractivity contribution in [2.75, 3.05) is 0 Å². The summed E-state index contributed by atoms with van der Waals surface area (Å²) < 4.78 is 39.0.